The summed E-state index contributed by atoms with van der Waals surface area (Å²) in [6, 6.07) is 17.3. The minimum atomic E-state index is -0.905. The first kappa shape index (κ1) is 23.0. The lowest BCUT2D eigenvalue weighted by atomic mass is 10.0. The highest BCUT2D eigenvalue weighted by atomic mass is 35.5. The molecule has 4 rings (SSSR count). The van der Waals surface area contributed by atoms with E-state index in [-0.39, 0.29) is 6.10 Å². The summed E-state index contributed by atoms with van der Waals surface area (Å²) in [5.41, 5.74) is 3.43. The van der Waals surface area contributed by atoms with E-state index in [4.69, 9.17) is 27.9 Å². The van der Waals surface area contributed by atoms with Gasteiger partial charge in [0.1, 0.15) is 23.2 Å². The Labute approximate surface area is 201 Å². The number of halogens is 2. The molecule has 1 unspecified atom stereocenters. The van der Waals surface area contributed by atoms with Crippen LogP contribution in [-0.4, -0.2) is 26.9 Å². The molecule has 0 saturated heterocycles. The molecule has 1 heterocycles. The van der Waals surface area contributed by atoms with Crippen LogP contribution >= 0.6 is 35.0 Å². The molecule has 4 nitrogen and oxygen atoms in total. The zero-order valence-corrected chi connectivity index (χ0v) is 20.4. The van der Waals surface area contributed by atoms with Crippen molar-refractivity contribution < 1.29 is 9.84 Å². The van der Waals surface area contributed by atoms with Gasteiger partial charge in [0.15, 0.2) is 0 Å². The Bertz CT molecular complexity index is 1240. The number of aromatic amines is 1. The number of benzene rings is 3. The normalized spacial score (nSPS) is 12.5. The molecule has 32 heavy (non-hydrogen) atoms. The van der Waals surface area contributed by atoms with E-state index in [0.29, 0.717) is 38.2 Å². The van der Waals surface area contributed by atoms with E-state index in [1.807, 2.05) is 62.4 Å². The average molecular weight is 487 g/mol. The van der Waals surface area contributed by atoms with E-state index in [2.05, 4.69) is 16.9 Å². The van der Waals surface area contributed by atoms with Crippen molar-refractivity contribution in [2.75, 3.05) is 5.75 Å². The van der Waals surface area contributed by atoms with Gasteiger partial charge in [-0.25, -0.2) is 4.98 Å². The number of hydrogen-bond acceptors (Lipinski definition) is 4. The quantitative estimate of drug-likeness (QED) is 0.265. The molecule has 0 fully saturated rings. The van der Waals surface area contributed by atoms with Crippen molar-refractivity contribution in [1.82, 2.24) is 9.97 Å². The van der Waals surface area contributed by atoms with Crippen LogP contribution in [0.25, 0.3) is 22.2 Å². The molecular weight excluding hydrogens is 463 g/mol. The van der Waals surface area contributed by atoms with E-state index in [9.17, 15) is 5.11 Å². The van der Waals surface area contributed by atoms with Crippen molar-refractivity contribution in [2.24, 2.45) is 0 Å². The predicted octanol–water partition coefficient (Wildman–Crippen LogP) is 7.52. The zero-order chi connectivity index (χ0) is 22.8. The first-order chi connectivity index (χ1) is 15.4. The fraction of sp³-hybridized carbons (Fsp3) is 0.240. The summed E-state index contributed by atoms with van der Waals surface area (Å²) in [7, 11) is 0. The molecule has 0 aliphatic heterocycles. The second-order valence-electron chi connectivity index (χ2n) is 7.63. The largest absolute Gasteiger partial charge is 0.490 e. The lowest BCUT2D eigenvalue weighted by molar-refractivity contribution is 0.211. The van der Waals surface area contributed by atoms with Gasteiger partial charge in [-0.05, 0) is 49.4 Å². The average Bonchev–Trinajstić information content (AvgIpc) is 3.19. The van der Waals surface area contributed by atoms with Gasteiger partial charge in [-0.2, -0.15) is 0 Å². The topological polar surface area (TPSA) is 58.1 Å². The number of hydrogen-bond donors (Lipinski definition) is 2. The molecular formula is C25H24Cl2N2O2S. The van der Waals surface area contributed by atoms with Crippen LogP contribution in [0.3, 0.4) is 0 Å². The number of nitrogens with zero attached hydrogens (tertiary/aromatic N) is 1. The summed E-state index contributed by atoms with van der Waals surface area (Å²) < 4.78 is 5.96. The zero-order valence-electron chi connectivity index (χ0n) is 18.0. The van der Waals surface area contributed by atoms with Gasteiger partial charge in [-0.15, -0.1) is 11.8 Å². The van der Waals surface area contributed by atoms with E-state index in [1.165, 1.54) is 0 Å². The molecule has 0 aliphatic rings. The Morgan fingerprint density at radius 1 is 1.09 bits per heavy atom. The van der Waals surface area contributed by atoms with Gasteiger partial charge in [0, 0.05) is 16.0 Å². The molecule has 1 aromatic heterocycles. The number of aliphatic hydroxyl groups excluding tert-OH is 1. The minimum absolute atomic E-state index is 0.00619. The fourth-order valence-corrected chi connectivity index (χ4v) is 4.94. The maximum Gasteiger partial charge on any atom is 0.140 e. The SMILES string of the molecule is CCSc1ccc(C(O)c2nc3c(Cl)c(-c4ccccc4OC(C)C)c(Cl)cc3[nH]2)cc1. The molecule has 166 valence electrons. The van der Waals surface area contributed by atoms with Gasteiger partial charge in [0.25, 0.3) is 0 Å². The fourth-order valence-electron chi connectivity index (χ4n) is 3.58. The first-order valence-electron chi connectivity index (χ1n) is 10.4. The predicted molar refractivity (Wildman–Crippen MR) is 134 cm³/mol. The van der Waals surface area contributed by atoms with Crippen molar-refractivity contribution in [3.05, 3.63) is 76.0 Å². The number of nitrogens with one attached hydrogen (secondary N) is 1. The number of ether oxygens (including phenoxy) is 1. The number of H-pyrrole nitrogens is 1. The van der Waals surface area contributed by atoms with Crippen molar-refractivity contribution >= 4 is 46.0 Å². The first-order valence-corrected chi connectivity index (χ1v) is 12.2. The molecule has 0 spiro atoms. The smallest absolute Gasteiger partial charge is 0.140 e. The number of fused-ring (bicyclic) bond motifs is 1. The van der Waals surface area contributed by atoms with Crippen LogP contribution in [0, 0.1) is 0 Å². The molecule has 0 amide bonds. The maximum absolute atomic E-state index is 10.9. The number of thioether (sulfide) groups is 1. The van der Waals surface area contributed by atoms with Crippen LogP contribution < -0.4 is 4.74 Å². The van der Waals surface area contributed by atoms with Gasteiger partial charge in [-0.3, -0.25) is 0 Å². The lowest BCUT2D eigenvalue weighted by Crippen LogP contribution is -2.06. The standard InChI is InChI=1S/C25H24Cl2N2O2S/c1-4-32-16-11-9-15(10-12-16)24(30)25-28-19-13-18(26)21(22(27)23(19)29-25)17-7-5-6-8-20(17)31-14(2)3/h5-14,24,30H,4H2,1-3H3,(H,28,29). The highest BCUT2D eigenvalue weighted by molar-refractivity contribution is 7.99. The molecule has 0 aliphatic carbocycles. The van der Waals surface area contributed by atoms with Crippen LogP contribution in [0.2, 0.25) is 10.0 Å². The molecule has 4 aromatic rings. The molecule has 2 N–H and O–H groups in total. The van der Waals surface area contributed by atoms with Crippen molar-refractivity contribution in [3.63, 3.8) is 0 Å². The second-order valence-corrected chi connectivity index (χ2v) is 9.76. The van der Waals surface area contributed by atoms with Gasteiger partial charge in [0.2, 0.25) is 0 Å². The minimum Gasteiger partial charge on any atom is -0.490 e. The van der Waals surface area contributed by atoms with Crippen LogP contribution in [0.1, 0.15) is 38.3 Å². The van der Waals surface area contributed by atoms with Gasteiger partial charge >= 0.3 is 0 Å². The summed E-state index contributed by atoms with van der Waals surface area (Å²) in [4.78, 5) is 8.96. The molecule has 7 heteroatoms. The Balaban J connectivity index is 1.76. The van der Waals surface area contributed by atoms with Crippen LogP contribution in [0.15, 0.2) is 59.5 Å². The highest BCUT2D eigenvalue weighted by Gasteiger charge is 2.22. The van der Waals surface area contributed by atoms with Crippen molar-refractivity contribution in [2.45, 2.75) is 37.9 Å². The van der Waals surface area contributed by atoms with Crippen LogP contribution in [0.4, 0.5) is 0 Å². The van der Waals surface area contributed by atoms with Crippen LogP contribution in [-0.2, 0) is 0 Å². The number of aromatic nitrogens is 2. The third-order valence-electron chi connectivity index (χ3n) is 4.97. The Morgan fingerprint density at radius 3 is 2.50 bits per heavy atom. The molecule has 0 radical (unpaired) electrons. The van der Waals surface area contributed by atoms with E-state index in [0.717, 1.165) is 21.8 Å². The van der Waals surface area contributed by atoms with Gasteiger partial charge in [-0.1, -0.05) is 60.5 Å². The summed E-state index contributed by atoms with van der Waals surface area (Å²) in [6.45, 7) is 6.05. The summed E-state index contributed by atoms with van der Waals surface area (Å²) >= 11 is 15.2. The van der Waals surface area contributed by atoms with Crippen molar-refractivity contribution in [1.29, 1.82) is 0 Å². The van der Waals surface area contributed by atoms with E-state index >= 15 is 0 Å². The number of imidazole rings is 1. The third-order valence-corrected chi connectivity index (χ3v) is 6.53. The second kappa shape index (κ2) is 9.75. The number of rotatable bonds is 7. The Morgan fingerprint density at radius 2 is 1.81 bits per heavy atom. The van der Waals surface area contributed by atoms with Gasteiger partial charge < -0.3 is 14.8 Å². The summed E-state index contributed by atoms with van der Waals surface area (Å²) in [5, 5.41) is 11.8. The third kappa shape index (κ3) is 4.62. The highest BCUT2D eigenvalue weighted by Crippen LogP contribution is 2.43. The summed E-state index contributed by atoms with van der Waals surface area (Å²) in [5.74, 6) is 2.11. The lowest BCUT2D eigenvalue weighted by Gasteiger charge is -2.16. The molecule has 3 aromatic carbocycles. The monoisotopic (exact) mass is 486 g/mol. The van der Waals surface area contributed by atoms with E-state index < -0.39 is 6.10 Å². The van der Waals surface area contributed by atoms with Crippen LogP contribution in [0.5, 0.6) is 5.75 Å². The maximum atomic E-state index is 10.9. The summed E-state index contributed by atoms with van der Waals surface area (Å²) in [6.07, 6.45) is -0.899. The van der Waals surface area contributed by atoms with E-state index in [1.54, 1.807) is 17.8 Å². The molecule has 1 atom stereocenters. The molecule has 0 saturated carbocycles. The van der Waals surface area contributed by atoms with Gasteiger partial charge in [0.05, 0.1) is 21.7 Å². The number of para-hydroxylation sites is 1. The van der Waals surface area contributed by atoms with Crippen molar-refractivity contribution in [3.8, 4) is 16.9 Å². The molecule has 0 bridgehead atoms. The Kier molecular flexibility index (Phi) is 7.01. The number of aliphatic hydroxyl groups is 1. The Hall–Kier alpha value is -2.18.